The fourth-order valence-electron chi connectivity index (χ4n) is 2.91. The van der Waals surface area contributed by atoms with Crippen LogP contribution in [0.1, 0.15) is 42.5 Å². The van der Waals surface area contributed by atoms with E-state index in [0.29, 0.717) is 17.2 Å². The van der Waals surface area contributed by atoms with Crippen molar-refractivity contribution in [2.24, 2.45) is 5.92 Å². The van der Waals surface area contributed by atoms with Crippen molar-refractivity contribution in [3.63, 3.8) is 0 Å². The van der Waals surface area contributed by atoms with Crippen LogP contribution >= 0.6 is 0 Å². The molecule has 1 aromatic carbocycles. The quantitative estimate of drug-likeness (QED) is 0.819. The van der Waals surface area contributed by atoms with Gasteiger partial charge < -0.3 is 15.7 Å². The molecule has 0 atom stereocenters. The van der Waals surface area contributed by atoms with E-state index in [1.165, 1.54) is 38.2 Å². The second kappa shape index (κ2) is 5.95. The summed E-state index contributed by atoms with van der Waals surface area (Å²) >= 11 is 0. The molecule has 0 spiro atoms. The first-order valence-electron chi connectivity index (χ1n) is 6.92. The predicted octanol–water partition coefficient (Wildman–Crippen LogP) is 2.98. The maximum absolute atomic E-state index is 11.3. The summed E-state index contributed by atoms with van der Waals surface area (Å²) in [6, 6.07) is 5.11. The molecule has 0 amide bonds. The number of rotatable bonds is 4. The molecule has 1 aromatic rings. The van der Waals surface area contributed by atoms with Gasteiger partial charge in [-0.3, -0.25) is 0 Å². The van der Waals surface area contributed by atoms with Crippen LogP contribution in [0, 0.1) is 5.92 Å². The van der Waals surface area contributed by atoms with Crippen molar-refractivity contribution in [1.29, 1.82) is 0 Å². The van der Waals surface area contributed by atoms with E-state index >= 15 is 0 Å². The van der Waals surface area contributed by atoms with Gasteiger partial charge in [0.15, 0.2) is 0 Å². The van der Waals surface area contributed by atoms with Gasteiger partial charge in [-0.15, -0.1) is 0 Å². The van der Waals surface area contributed by atoms with Gasteiger partial charge >= 0.3 is 5.97 Å². The number of hydrogen-bond donors (Lipinski definition) is 2. The van der Waals surface area contributed by atoms with E-state index in [0.717, 1.165) is 12.2 Å². The number of benzene rings is 1. The van der Waals surface area contributed by atoms with Crippen LogP contribution in [0.4, 0.5) is 11.4 Å². The zero-order valence-corrected chi connectivity index (χ0v) is 11.4. The van der Waals surface area contributed by atoms with E-state index in [1.807, 2.05) is 13.1 Å². The van der Waals surface area contributed by atoms with Crippen LogP contribution in [0.2, 0.25) is 0 Å². The Morgan fingerprint density at radius 3 is 2.68 bits per heavy atom. The number of nitrogens with zero attached hydrogens (tertiary/aromatic N) is 1. The zero-order valence-electron chi connectivity index (χ0n) is 11.4. The van der Waals surface area contributed by atoms with Crippen molar-refractivity contribution in [3.8, 4) is 0 Å². The Balaban J connectivity index is 2.13. The van der Waals surface area contributed by atoms with Gasteiger partial charge in [-0.25, -0.2) is 4.79 Å². The first kappa shape index (κ1) is 13.7. The van der Waals surface area contributed by atoms with Crippen molar-refractivity contribution >= 4 is 17.3 Å². The Morgan fingerprint density at radius 2 is 2.05 bits per heavy atom. The van der Waals surface area contributed by atoms with E-state index < -0.39 is 5.97 Å². The minimum absolute atomic E-state index is 0.290. The SMILES string of the molecule is CN(CC1CCCCC1)c1ccc(N)cc1C(=O)O. The number of hydrogen-bond acceptors (Lipinski definition) is 3. The molecule has 3 N–H and O–H groups in total. The Hall–Kier alpha value is -1.71. The van der Waals surface area contributed by atoms with Gasteiger partial charge in [0.2, 0.25) is 0 Å². The molecule has 0 aromatic heterocycles. The Labute approximate surface area is 114 Å². The lowest BCUT2D eigenvalue weighted by Gasteiger charge is -2.29. The maximum Gasteiger partial charge on any atom is 0.337 e. The largest absolute Gasteiger partial charge is 0.478 e. The summed E-state index contributed by atoms with van der Waals surface area (Å²) in [6.07, 6.45) is 6.43. The molecule has 1 fully saturated rings. The lowest BCUT2D eigenvalue weighted by molar-refractivity contribution is 0.0697. The van der Waals surface area contributed by atoms with Gasteiger partial charge in [0.05, 0.1) is 11.3 Å². The first-order valence-corrected chi connectivity index (χ1v) is 6.92. The topological polar surface area (TPSA) is 66.6 Å². The highest BCUT2D eigenvalue weighted by molar-refractivity contribution is 5.95. The van der Waals surface area contributed by atoms with Gasteiger partial charge in [0, 0.05) is 19.3 Å². The molecule has 104 valence electrons. The van der Waals surface area contributed by atoms with Crippen LogP contribution in [-0.4, -0.2) is 24.7 Å². The van der Waals surface area contributed by atoms with Gasteiger partial charge in [-0.05, 0) is 37.0 Å². The number of anilines is 2. The monoisotopic (exact) mass is 262 g/mol. The molecule has 0 unspecified atom stereocenters. The third-order valence-corrected chi connectivity index (χ3v) is 3.92. The van der Waals surface area contributed by atoms with Gasteiger partial charge in [-0.2, -0.15) is 0 Å². The molecule has 0 radical (unpaired) electrons. The van der Waals surface area contributed by atoms with Crippen LogP contribution in [0.15, 0.2) is 18.2 Å². The fraction of sp³-hybridized carbons (Fsp3) is 0.533. The van der Waals surface area contributed by atoms with Crippen LogP contribution in [-0.2, 0) is 0 Å². The minimum Gasteiger partial charge on any atom is -0.478 e. The molecule has 2 rings (SSSR count). The average molecular weight is 262 g/mol. The van der Waals surface area contributed by atoms with Crippen molar-refractivity contribution in [3.05, 3.63) is 23.8 Å². The Bertz CT molecular complexity index is 453. The summed E-state index contributed by atoms with van der Waals surface area (Å²) in [7, 11) is 1.96. The molecule has 19 heavy (non-hydrogen) atoms. The smallest absolute Gasteiger partial charge is 0.337 e. The van der Waals surface area contributed by atoms with E-state index in [9.17, 15) is 9.90 Å². The number of carboxylic acid groups (broad SMARTS) is 1. The molecule has 0 aliphatic heterocycles. The molecule has 4 heteroatoms. The van der Waals surface area contributed by atoms with E-state index in [-0.39, 0.29) is 0 Å². The van der Waals surface area contributed by atoms with Gasteiger partial charge in [0.1, 0.15) is 0 Å². The normalized spacial score (nSPS) is 16.3. The minimum atomic E-state index is -0.919. The van der Waals surface area contributed by atoms with E-state index in [1.54, 1.807) is 6.07 Å². The van der Waals surface area contributed by atoms with Crippen molar-refractivity contribution in [2.45, 2.75) is 32.1 Å². The van der Waals surface area contributed by atoms with E-state index in [2.05, 4.69) is 4.90 Å². The van der Waals surface area contributed by atoms with Crippen molar-refractivity contribution in [2.75, 3.05) is 24.2 Å². The highest BCUT2D eigenvalue weighted by Gasteiger charge is 2.19. The Kier molecular flexibility index (Phi) is 4.30. The maximum atomic E-state index is 11.3. The summed E-state index contributed by atoms with van der Waals surface area (Å²) < 4.78 is 0. The van der Waals surface area contributed by atoms with Crippen LogP contribution < -0.4 is 10.6 Å². The molecule has 4 nitrogen and oxygen atoms in total. The molecular weight excluding hydrogens is 240 g/mol. The fourth-order valence-corrected chi connectivity index (χ4v) is 2.91. The van der Waals surface area contributed by atoms with Crippen LogP contribution in [0.25, 0.3) is 0 Å². The summed E-state index contributed by atoms with van der Waals surface area (Å²) in [5, 5.41) is 9.26. The lowest BCUT2D eigenvalue weighted by Crippen LogP contribution is -2.28. The standard InChI is InChI=1S/C15H22N2O2/c1-17(10-11-5-3-2-4-6-11)14-8-7-12(16)9-13(14)15(18)19/h7-9,11H,2-6,10,16H2,1H3,(H,18,19). The molecular formula is C15H22N2O2. The molecule has 0 heterocycles. The highest BCUT2D eigenvalue weighted by Crippen LogP contribution is 2.28. The molecule has 1 aliphatic carbocycles. The van der Waals surface area contributed by atoms with E-state index in [4.69, 9.17) is 5.73 Å². The second-order valence-electron chi connectivity index (χ2n) is 5.47. The zero-order chi connectivity index (χ0) is 13.8. The number of carbonyl (C=O) groups is 1. The van der Waals surface area contributed by atoms with Gasteiger partial charge in [0.25, 0.3) is 0 Å². The van der Waals surface area contributed by atoms with Crippen molar-refractivity contribution in [1.82, 2.24) is 0 Å². The number of nitrogen functional groups attached to an aromatic ring is 1. The number of nitrogens with two attached hydrogens (primary N) is 1. The first-order chi connectivity index (χ1) is 9.08. The third kappa shape index (κ3) is 3.40. The summed E-state index contributed by atoms with van der Waals surface area (Å²) in [6.45, 7) is 0.921. The average Bonchev–Trinajstić information content (AvgIpc) is 2.39. The van der Waals surface area contributed by atoms with Crippen molar-refractivity contribution < 1.29 is 9.90 Å². The lowest BCUT2D eigenvalue weighted by atomic mass is 9.89. The molecule has 1 aliphatic rings. The molecule has 0 bridgehead atoms. The summed E-state index contributed by atoms with van der Waals surface area (Å²) in [4.78, 5) is 13.3. The second-order valence-corrected chi connectivity index (χ2v) is 5.47. The summed E-state index contributed by atoms with van der Waals surface area (Å²) in [5.41, 5.74) is 7.21. The molecule has 0 saturated heterocycles. The van der Waals surface area contributed by atoms with Crippen LogP contribution in [0.5, 0.6) is 0 Å². The summed E-state index contributed by atoms with van der Waals surface area (Å²) in [5.74, 6) is -0.240. The highest BCUT2D eigenvalue weighted by atomic mass is 16.4. The van der Waals surface area contributed by atoms with Gasteiger partial charge in [-0.1, -0.05) is 19.3 Å². The Morgan fingerprint density at radius 1 is 1.37 bits per heavy atom. The number of carboxylic acids is 1. The third-order valence-electron chi connectivity index (χ3n) is 3.92. The number of aromatic carboxylic acids is 1. The predicted molar refractivity (Wildman–Crippen MR) is 77.7 cm³/mol. The molecule has 1 saturated carbocycles. The van der Waals surface area contributed by atoms with Crippen LogP contribution in [0.3, 0.4) is 0 Å².